The van der Waals surface area contributed by atoms with E-state index in [0.717, 1.165) is 19.4 Å². The van der Waals surface area contributed by atoms with Crippen molar-refractivity contribution in [1.29, 1.82) is 0 Å². The second kappa shape index (κ2) is 8.48. The number of amides is 2. The predicted molar refractivity (Wildman–Crippen MR) is 101 cm³/mol. The van der Waals surface area contributed by atoms with Gasteiger partial charge in [-0.2, -0.15) is 0 Å². The zero-order valence-electron chi connectivity index (χ0n) is 15.8. The molecule has 3 N–H and O–H groups in total. The zero-order chi connectivity index (χ0) is 18.4. The maximum atomic E-state index is 12.2. The molecular weight excluding hydrogens is 314 g/mol. The van der Waals surface area contributed by atoms with E-state index in [1.165, 1.54) is 5.56 Å². The van der Waals surface area contributed by atoms with Gasteiger partial charge in [-0.25, -0.2) is 0 Å². The Balaban J connectivity index is 1.75. The fourth-order valence-corrected chi connectivity index (χ4v) is 3.03. The van der Waals surface area contributed by atoms with Crippen LogP contribution in [0.5, 0.6) is 0 Å². The third kappa shape index (κ3) is 5.85. The van der Waals surface area contributed by atoms with Crippen LogP contribution in [-0.4, -0.2) is 37.0 Å². The average molecular weight is 345 g/mol. The smallest absolute Gasteiger partial charge is 0.251 e. The Bertz CT molecular complexity index is 590. The molecule has 0 aliphatic carbocycles. The molecular formula is C20H31N3O2. The van der Waals surface area contributed by atoms with E-state index in [4.69, 9.17) is 0 Å². The van der Waals surface area contributed by atoms with Crippen molar-refractivity contribution in [1.82, 2.24) is 16.0 Å². The van der Waals surface area contributed by atoms with Crippen molar-refractivity contribution in [2.24, 2.45) is 0 Å². The molecule has 2 rings (SSSR count). The van der Waals surface area contributed by atoms with Gasteiger partial charge in [0.25, 0.3) is 5.91 Å². The first-order chi connectivity index (χ1) is 11.8. The number of piperidine rings is 1. The molecule has 1 heterocycles. The standard InChI is InChI=1S/C20H31N3O2/c1-14-17(6-5-12-21-14)23-18(24)11-13-22-19(25)15-7-9-16(10-8-15)20(2,3)4/h7-10,14,17,21H,5-6,11-13H2,1-4H3,(H,22,25)(H,23,24). The summed E-state index contributed by atoms with van der Waals surface area (Å²) >= 11 is 0. The van der Waals surface area contributed by atoms with Gasteiger partial charge in [0, 0.05) is 30.6 Å². The monoisotopic (exact) mass is 345 g/mol. The Morgan fingerprint density at radius 2 is 1.88 bits per heavy atom. The topological polar surface area (TPSA) is 70.2 Å². The van der Waals surface area contributed by atoms with Crippen LogP contribution in [0.3, 0.4) is 0 Å². The summed E-state index contributed by atoms with van der Waals surface area (Å²) in [6, 6.07) is 8.13. The lowest BCUT2D eigenvalue weighted by Crippen LogP contribution is -2.52. The van der Waals surface area contributed by atoms with E-state index < -0.39 is 0 Å². The zero-order valence-corrected chi connectivity index (χ0v) is 15.8. The van der Waals surface area contributed by atoms with Crippen molar-refractivity contribution in [2.45, 2.75) is 64.5 Å². The fourth-order valence-electron chi connectivity index (χ4n) is 3.03. The second-order valence-corrected chi connectivity index (χ2v) is 7.89. The van der Waals surface area contributed by atoms with Crippen LogP contribution in [0.4, 0.5) is 0 Å². The van der Waals surface area contributed by atoms with Crippen molar-refractivity contribution < 1.29 is 9.59 Å². The van der Waals surface area contributed by atoms with Crippen LogP contribution in [0.1, 0.15) is 62.9 Å². The maximum absolute atomic E-state index is 12.2. The lowest BCUT2D eigenvalue weighted by Gasteiger charge is -2.30. The molecule has 5 nitrogen and oxygen atoms in total. The SMILES string of the molecule is CC1NCCCC1NC(=O)CCNC(=O)c1ccc(C(C)(C)C)cc1. The lowest BCUT2D eigenvalue weighted by molar-refractivity contribution is -0.122. The van der Waals surface area contributed by atoms with Gasteiger partial charge in [-0.15, -0.1) is 0 Å². The predicted octanol–water partition coefficient (Wildman–Crippen LogP) is 2.36. The minimum absolute atomic E-state index is 0.0102. The number of carbonyl (C=O) groups excluding carboxylic acids is 2. The molecule has 5 heteroatoms. The Hall–Kier alpha value is -1.88. The van der Waals surface area contributed by atoms with Gasteiger partial charge in [-0.05, 0) is 49.4 Å². The van der Waals surface area contributed by atoms with Crippen LogP contribution in [-0.2, 0) is 10.2 Å². The number of hydrogen-bond acceptors (Lipinski definition) is 3. The van der Waals surface area contributed by atoms with Gasteiger partial charge < -0.3 is 16.0 Å². The summed E-state index contributed by atoms with van der Waals surface area (Å²) in [5.41, 5.74) is 1.88. The van der Waals surface area contributed by atoms with E-state index in [9.17, 15) is 9.59 Å². The minimum atomic E-state index is -0.138. The molecule has 0 spiro atoms. The summed E-state index contributed by atoms with van der Waals surface area (Å²) in [6.07, 6.45) is 2.39. The van der Waals surface area contributed by atoms with Crippen LogP contribution in [0.15, 0.2) is 24.3 Å². The molecule has 1 aliphatic heterocycles. The van der Waals surface area contributed by atoms with Crippen molar-refractivity contribution in [3.63, 3.8) is 0 Å². The van der Waals surface area contributed by atoms with Crippen molar-refractivity contribution in [3.05, 3.63) is 35.4 Å². The molecule has 2 amide bonds. The van der Waals surface area contributed by atoms with E-state index in [1.807, 2.05) is 24.3 Å². The molecule has 2 atom stereocenters. The first-order valence-corrected chi connectivity index (χ1v) is 9.19. The van der Waals surface area contributed by atoms with E-state index in [1.54, 1.807) is 0 Å². The minimum Gasteiger partial charge on any atom is -0.352 e. The number of hydrogen-bond donors (Lipinski definition) is 3. The van der Waals surface area contributed by atoms with Crippen LogP contribution < -0.4 is 16.0 Å². The highest BCUT2D eigenvalue weighted by molar-refractivity contribution is 5.94. The third-order valence-corrected chi connectivity index (χ3v) is 4.76. The number of carbonyl (C=O) groups is 2. The van der Waals surface area contributed by atoms with Gasteiger partial charge in [0.15, 0.2) is 0 Å². The number of nitrogens with one attached hydrogen (secondary N) is 3. The molecule has 1 aliphatic rings. The van der Waals surface area contributed by atoms with E-state index in [-0.39, 0.29) is 23.3 Å². The van der Waals surface area contributed by atoms with Crippen molar-refractivity contribution in [3.8, 4) is 0 Å². The Morgan fingerprint density at radius 3 is 2.48 bits per heavy atom. The lowest BCUT2D eigenvalue weighted by atomic mass is 9.87. The molecule has 0 bridgehead atoms. The molecule has 1 fully saturated rings. The van der Waals surface area contributed by atoms with Crippen molar-refractivity contribution in [2.75, 3.05) is 13.1 Å². The van der Waals surface area contributed by atoms with Gasteiger partial charge in [-0.3, -0.25) is 9.59 Å². The van der Waals surface area contributed by atoms with Gasteiger partial charge in [-0.1, -0.05) is 32.9 Å². The molecule has 1 aromatic rings. The van der Waals surface area contributed by atoms with Gasteiger partial charge >= 0.3 is 0 Å². The van der Waals surface area contributed by atoms with Crippen molar-refractivity contribution >= 4 is 11.8 Å². The first-order valence-electron chi connectivity index (χ1n) is 9.19. The summed E-state index contributed by atoms with van der Waals surface area (Å²) in [5.74, 6) is -0.148. The summed E-state index contributed by atoms with van der Waals surface area (Å²) in [4.78, 5) is 24.2. The van der Waals surface area contributed by atoms with Gasteiger partial charge in [0.2, 0.25) is 5.91 Å². The summed E-state index contributed by atoms with van der Waals surface area (Å²) in [6.45, 7) is 9.88. The summed E-state index contributed by atoms with van der Waals surface area (Å²) in [5, 5.41) is 9.24. The third-order valence-electron chi connectivity index (χ3n) is 4.76. The molecule has 1 saturated heterocycles. The van der Waals surface area contributed by atoms with E-state index in [0.29, 0.717) is 24.6 Å². The highest BCUT2D eigenvalue weighted by Gasteiger charge is 2.22. The molecule has 138 valence electrons. The van der Waals surface area contributed by atoms with Crippen LogP contribution in [0, 0.1) is 0 Å². The molecule has 0 radical (unpaired) electrons. The van der Waals surface area contributed by atoms with Gasteiger partial charge in [0.1, 0.15) is 0 Å². The average Bonchev–Trinajstić information content (AvgIpc) is 2.56. The normalized spacial score (nSPS) is 20.8. The molecule has 2 unspecified atom stereocenters. The summed E-state index contributed by atoms with van der Waals surface area (Å²) < 4.78 is 0. The van der Waals surface area contributed by atoms with Gasteiger partial charge in [0.05, 0.1) is 0 Å². The largest absolute Gasteiger partial charge is 0.352 e. The van der Waals surface area contributed by atoms with Crippen LogP contribution >= 0.6 is 0 Å². The molecule has 0 saturated carbocycles. The van der Waals surface area contributed by atoms with Crippen LogP contribution in [0.25, 0.3) is 0 Å². The maximum Gasteiger partial charge on any atom is 0.251 e. The Labute approximate surface area is 151 Å². The fraction of sp³-hybridized carbons (Fsp3) is 0.600. The van der Waals surface area contributed by atoms with Crippen LogP contribution in [0.2, 0.25) is 0 Å². The quantitative estimate of drug-likeness (QED) is 0.767. The highest BCUT2D eigenvalue weighted by Crippen LogP contribution is 2.22. The first kappa shape index (κ1) is 19.4. The Morgan fingerprint density at radius 1 is 1.20 bits per heavy atom. The molecule has 0 aromatic heterocycles. The Kier molecular flexibility index (Phi) is 6.59. The van der Waals surface area contributed by atoms with E-state index in [2.05, 4.69) is 43.6 Å². The van der Waals surface area contributed by atoms with E-state index >= 15 is 0 Å². The summed E-state index contributed by atoms with van der Waals surface area (Å²) in [7, 11) is 0. The highest BCUT2D eigenvalue weighted by atomic mass is 16.2. The second-order valence-electron chi connectivity index (χ2n) is 7.89. The molecule has 25 heavy (non-hydrogen) atoms. The number of benzene rings is 1. The molecule has 1 aromatic carbocycles. The number of rotatable bonds is 5.